The standard InChI is InChI=1S/C16H19IN2O2/c17-13-5-3-12(4-6-13)11-19-10-7-14(20)18-16(15(19)21)8-1-2-9-16/h3-6H,1-2,7-11H2,(H,18,20). The molecule has 2 aliphatic rings. The lowest BCUT2D eigenvalue weighted by atomic mass is 9.95. The Kier molecular flexibility index (Phi) is 4.19. The smallest absolute Gasteiger partial charge is 0.248 e. The van der Waals surface area contributed by atoms with E-state index in [2.05, 4.69) is 40.0 Å². The predicted octanol–water partition coefficient (Wildman–Crippen LogP) is 2.45. The van der Waals surface area contributed by atoms with E-state index in [0.717, 1.165) is 31.2 Å². The van der Waals surface area contributed by atoms with E-state index in [1.807, 2.05) is 17.0 Å². The van der Waals surface area contributed by atoms with Crippen LogP contribution >= 0.6 is 22.6 Å². The molecule has 1 aromatic rings. The van der Waals surface area contributed by atoms with Crippen LogP contribution in [0.2, 0.25) is 0 Å². The number of carbonyl (C=O) groups excluding carboxylic acids is 2. The number of nitrogens with one attached hydrogen (secondary N) is 1. The SMILES string of the molecule is O=C1CCN(Cc2ccc(I)cc2)C(=O)C2(CCCC2)N1. The zero-order valence-electron chi connectivity index (χ0n) is 11.9. The van der Waals surface area contributed by atoms with Gasteiger partial charge < -0.3 is 10.2 Å². The van der Waals surface area contributed by atoms with E-state index in [1.54, 1.807) is 0 Å². The zero-order valence-corrected chi connectivity index (χ0v) is 14.1. The second-order valence-electron chi connectivity index (χ2n) is 5.94. The molecule has 0 bridgehead atoms. The molecule has 0 aromatic heterocycles. The summed E-state index contributed by atoms with van der Waals surface area (Å²) < 4.78 is 1.18. The predicted molar refractivity (Wildman–Crippen MR) is 88.5 cm³/mol. The van der Waals surface area contributed by atoms with Gasteiger partial charge in [0.15, 0.2) is 0 Å². The maximum Gasteiger partial charge on any atom is 0.248 e. The highest BCUT2D eigenvalue weighted by atomic mass is 127. The van der Waals surface area contributed by atoms with Gasteiger partial charge in [0.2, 0.25) is 11.8 Å². The molecular weight excluding hydrogens is 379 g/mol. The van der Waals surface area contributed by atoms with E-state index in [0.29, 0.717) is 19.5 Å². The zero-order chi connectivity index (χ0) is 14.9. The lowest BCUT2D eigenvalue weighted by molar-refractivity contribution is -0.139. The molecule has 1 N–H and O–H groups in total. The summed E-state index contributed by atoms with van der Waals surface area (Å²) >= 11 is 2.27. The van der Waals surface area contributed by atoms with Crippen LogP contribution in [0.25, 0.3) is 0 Å². The van der Waals surface area contributed by atoms with Crippen LogP contribution < -0.4 is 5.32 Å². The minimum Gasteiger partial charge on any atom is -0.342 e. The number of halogens is 1. The fraction of sp³-hybridized carbons (Fsp3) is 0.500. The number of amides is 2. The summed E-state index contributed by atoms with van der Waals surface area (Å²) in [5.41, 5.74) is 0.489. The van der Waals surface area contributed by atoms with Gasteiger partial charge in [0, 0.05) is 23.1 Å². The molecule has 21 heavy (non-hydrogen) atoms. The first-order valence-electron chi connectivity index (χ1n) is 7.44. The fourth-order valence-electron chi connectivity index (χ4n) is 3.30. The highest BCUT2D eigenvalue weighted by molar-refractivity contribution is 14.1. The van der Waals surface area contributed by atoms with Gasteiger partial charge >= 0.3 is 0 Å². The minimum atomic E-state index is -0.628. The van der Waals surface area contributed by atoms with E-state index in [1.165, 1.54) is 3.57 Å². The molecule has 1 spiro atoms. The lowest BCUT2D eigenvalue weighted by Crippen LogP contribution is -2.55. The van der Waals surface area contributed by atoms with Gasteiger partial charge in [-0.05, 0) is 53.1 Å². The molecule has 0 atom stereocenters. The highest BCUT2D eigenvalue weighted by Gasteiger charge is 2.46. The first-order valence-corrected chi connectivity index (χ1v) is 8.52. The average molecular weight is 398 g/mol. The topological polar surface area (TPSA) is 49.4 Å². The van der Waals surface area contributed by atoms with Gasteiger partial charge in [-0.15, -0.1) is 0 Å². The van der Waals surface area contributed by atoms with Crippen LogP contribution in [0, 0.1) is 3.57 Å². The van der Waals surface area contributed by atoms with Crippen molar-refractivity contribution in [2.45, 2.75) is 44.2 Å². The largest absolute Gasteiger partial charge is 0.342 e. The van der Waals surface area contributed by atoms with Gasteiger partial charge in [-0.3, -0.25) is 9.59 Å². The Hall–Kier alpha value is -1.11. The quantitative estimate of drug-likeness (QED) is 0.779. The first kappa shape index (κ1) is 14.8. The van der Waals surface area contributed by atoms with E-state index in [9.17, 15) is 9.59 Å². The van der Waals surface area contributed by atoms with Gasteiger partial charge in [0.1, 0.15) is 5.54 Å². The molecular formula is C16H19IN2O2. The lowest BCUT2D eigenvalue weighted by Gasteiger charge is -2.31. The van der Waals surface area contributed by atoms with Crippen molar-refractivity contribution in [1.82, 2.24) is 10.2 Å². The maximum atomic E-state index is 12.9. The van der Waals surface area contributed by atoms with Crippen molar-refractivity contribution in [3.8, 4) is 0 Å². The molecule has 1 aromatic carbocycles. The Bertz CT molecular complexity index is 550. The number of nitrogens with zero attached hydrogens (tertiary/aromatic N) is 1. The number of hydrogen-bond donors (Lipinski definition) is 1. The van der Waals surface area contributed by atoms with Crippen molar-refractivity contribution >= 4 is 34.4 Å². The third kappa shape index (κ3) is 3.07. The summed E-state index contributed by atoms with van der Waals surface area (Å²) in [6.45, 7) is 1.10. The third-order valence-electron chi connectivity index (χ3n) is 4.43. The summed E-state index contributed by atoms with van der Waals surface area (Å²) in [6.07, 6.45) is 3.99. The molecule has 3 rings (SSSR count). The van der Waals surface area contributed by atoms with Crippen LogP contribution in [-0.4, -0.2) is 28.8 Å². The van der Waals surface area contributed by atoms with E-state index < -0.39 is 5.54 Å². The average Bonchev–Trinajstić information content (AvgIpc) is 2.90. The Balaban J connectivity index is 1.81. The molecule has 1 aliphatic carbocycles. The van der Waals surface area contributed by atoms with Gasteiger partial charge in [-0.2, -0.15) is 0 Å². The molecule has 112 valence electrons. The minimum absolute atomic E-state index is 0.00959. The second-order valence-corrected chi connectivity index (χ2v) is 7.19. The number of carbonyl (C=O) groups is 2. The van der Waals surface area contributed by atoms with Crippen molar-refractivity contribution in [2.75, 3.05) is 6.54 Å². The molecule has 4 nitrogen and oxygen atoms in total. The summed E-state index contributed by atoms with van der Waals surface area (Å²) in [4.78, 5) is 26.7. The summed E-state index contributed by atoms with van der Waals surface area (Å²) in [7, 11) is 0. The van der Waals surface area contributed by atoms with Crippen LogP contribution in [0.1, 0.15) is 37.7 Å². The first-order chi connectivity index (χ1) is 10.1. The van der Waals surface area contributed by atoms with Crippen LogP contribution in [0.5, 0.6) is 0 Å². The number of rotatable bonds is 2. The molecule has 5 heteroatoms. The van der Waals surface area contributed by atoms with Crippen molar-refractivity contribution in [3.63, 3.8) is 0 Å². The number of hydrogen-bond acceptors (Lipinski definition) is 2. The molecule has 1 saturated carbocycles. The maximum absolute atomic E-state index is 12.9. The Morgan fingerprint density at radius 3 is 2.48 bits per heavy atom. The Morgan fingerprint density at radius 2 is 1.81 bits per heavy atom. The van der Waals surface area contributed by atoms with Crippen molar-refractivity contribution in [3.05, 3.63) is 33.4 Å². The molecule has 2 fully saturated rings. The monoisotopic (exact) mass is 398 g/mol. The van der Waals surface area contributed by atoms with Gasteiger partial charge in [-0.25, -0.2) is 0 Å². The van der Waals surface area contributed by atoms with Crippen molar-refractivity contribution in [2.24, 2.45) is 0 Å². The molecule has 1 heterocycles. The highest BCUT2D eigenvalue weighted by Crippen LogP contribution is 2.33. The molecule has 0 radical (unpaired) electrons. The molecule has 2 amide bonds. The van der Waals surface area contributed by atoms with Crippen LogP contribution in [0.3, 0.4) is 0 Å². The summed E-state index contributed by atoms with van der Waals surface area (Å²) in [6, 6.07) is 8.20. The second kappa shape index (κ2) is 5.94. The summed E-state index contributed by atoms with van der Waals surface area (Å²) in [5, 5.41) is 3.00. The van der Waals surface area contributed by atoms with E-state index in [-0.39, 0.29) is 11.8 Å². The normalized spacial score (nSPS) is 21.5. The third-order valence-corrected chi connectivity index (χ3v) is 5.15. The van der Waals surface area contributed by atoms with Gasteiger partial charge in [0.25, 0.3) is 0 Å². The van der Waals surface area contributed by atoms with E-state index in [4.69, 9.17) is 0 Å². The van der Waals surface area contributed by atoms with Gasteiger partial charge in [0.05, 0.1) is 0 Å². The van der Waals surface area contributed by atoms with Crippen LogP contribution in [0.15, 0.2) is 24.3 Å². The van der Waals surface area contributed by atoms with Crippen molar-refractivity contribution < 1.29 is 9.59 Å². The number of benzene rings is 1. The Labute approximate surface area is 138 Å². The molecule has 1 aliphatic heterocycles. The van der Waals surface area contributed by atoms with Gasteiger partial charge in [-0.1, -0.05) is 25.0 Å². The van der Waals surface area contributed by atoms with Crippen LogP contribution in [-0.2, 0) is 16.1 Å². The molecule has 0 unspecified atom stereocenters. The van der Waals surface area contributed by atoms with Crippen LogP contribution in [0.4, 0.5) is 0 Å². The van der Waals surface area contributed by atoms with Crippen molar-refractivity contribution in [1.29, 1.82) is 0 Å². The summed E-state index contributed by atoms with van der Waals surface area (Å²) in [5.74, 6) is 0.111. The molecule has 1 saturated heterocycles. The Morgan fingerprint density at radius 1 is 1.14 bits per heavy atom. The fourth-order valence-corrected chi connectivity index (χ4v) is 3.66. The van der Waals surface area contributed by atoms with E-state index >= 15 is 0 Å².